The highest BCUT2D eigenvalue weighted by molar-refractivity contribution is 4.62. The van der Waals surface area contributed by atoms with Crippen LogP contribution in [0.2, 0.25) is 0 Å². The molecular formula is C81H165N. The van der Waals surface area contributed by atoms with Crippen LogP contribution in [-0.2, 0) is 0 Å². The minimum atomic E-state index is 1.37. The van der Waals surface area contributed by atoms with Gasteiger partial charge in [-0.15, -0.1) is 0 Å². The van der Waals surface area contributed by atoms with E-state index in [0.29, 0.717) is 0 Å². The molecule has 0 atom stereocenters. The first-order chi connectivity index (χ1) is 40.8. The van der Waals surface area contributed by atoms with Crippen LogP contribution in [0, 0.1) is 0 Å². The summed E-state index contributed by atoms with van der Waals surface area (Å²) in [5.41, 5.74) is 0. The van der Waals surface area contributed by atoms with Crippen molar-refractivity contribution >= 4 is 0 Å². The second-order valence-corrected chi connectivity index (χ2v) is 28.3. The molecule has 0 aliphatic rings. The first-order valence-corrected chi connectivity index (χ1v) is 40.6. The first kappa shape index (κ1) is 82.0. The highest BCUT2D eigenvalue weighted by Crippen LogP contribution is 2.21. The van der Waals surface area contributed by atoms with E-state index in [-0.39, 0.29) is 0 Å². The Labute approximate surface area is 524 Å². The molecule has 0 aromatic carbocycles. The third-order valence-corrected chi connectivity index (χ3v) is 19.7. The Hall–Kier alpha value is -0.0400. The normalized spacial score (nSPS) is 11.9. The van der Waals surface area contributed by atoms with Crippen LogP contribution >= 0.6 is 0 Å². The third kappa shape index (κ3) is 76.1. The van der Waals surface area contributed by atoms with Crippen molar-refractivity contribution in [2.24, 2.45) is 0 Å². The van der Waals surface area contributed by atoms with Gasteiger partial charge in [-0.3, -0.25) is 0 Å². The van der Waals surface area contributed by atoms with E-state index in [1.807, 2.05) is 0 Å². The topological polar surface area (TPSA) is 3.24 Å². The molecule has 82 heavy (non-hydrogen) atoms. The maximum Gasteiger partial charge on any atom is -0.00187 e. The zero-order valence-corrected chi connectivity index (χ0v) is 58.6. The van der Waals surface area contributed by atoms with Crippen LogP contribution in [0.25, 0.3) is 0 Å². The monoisotopic (exact) mass is 1150 g/mol. The van der Waals surface area contributed by atoms with Crippen molar-refractivity contribution in [3.8, 4) is 0 Å². The summed E-state index contributed by atoms with van der Waals surface area (Å²) in [6.45, 7) is 11.1. The minimum Gasteiger partial charge on any atom is -0.303 e. The number of hydrogen-bond acceptors (Lipinski definition) is 1. The van der Waals surface area contributed by atoms with Crippen LogP contribution in [0.3, 0.4) is 0 Å². The van der Waals surface area contributed by atoms with Gasteiger partial charge in [0.2, 0.25) is 0 Å². The molecule has 0 rings (SSSR count). The molecule has 0 amide bonds. The summed E-state index contributed by atoms with van der Waals surface area (Å²) < 4.78 is 0. The fourth-order valence-electron chi connectivity index (χ4n) is 13.8. The highest BCUT2D eigenvalue weighted by atomic mass is 15.1. The van der Waals surface area contributed by atoms with E-state index in [1.165, 1.54) is 501 Å². The van der Waals surface area contributed by atoms with Gasteiger partial charge in [-0.05, 0) is 38.9 Å². The lowest BCUT2D eigenvalue weighted by Gasteiger charge is -2.22. The Morgan fingerprint density at radius 2 is 0.171 bits per heavy atom. The van der Waals surface area contributed by atoms with Crippen LogP contribution in [0.1, 0.15) is 502 Å². The second kappa shape index (κ2) is 79.0. The Balaban J connectivity index is 4.00. The quantitative estimate of drug-likeness (QED) is 0.0549. The fourth-order valence-corrected chi connectivity index (χ4v) is 13.8. The van der Waals surface area contributed by atoms with Crippen LogP contribution in [0.4, 0.5) is 0 Å². The van der Waals surface area contributed by atoms with Gasteiger partial charge in [0.15, 0.2) is 0 Å². The van der Waals surface area contributed by atoms with E-state index in [4.69, 9.17) is 0 Å². The Morgan fingerprint density at radius 1 is 0.0976 bits per heavy atom. The van der Waals surface area contributed by atoms with Gasteiger partial charge in [0.25, 0.3) is 0 Å². The Morgan fingerprint density at radius 3 is 0.256 bits per heavy atom. The number of rotatable bonds is 78. The molecule has 0 aliphatic carbocycles. The van der Waals surface area contributed by atoms with Crippen molar-refractivity contribution in [3.05, 3.63) is 0 Å². The SMILES string of the molecule is CCCCCCCCCCCCCCCCCCCCCCCCCCCN(CCCCCCCCCCCCCCCCCCCCCCCCCCC)CCCCCCCCCCCCCCCCCCCCCCCCCCC. The van der Waals surface area contributed by atoms with E-state index in [0.717, 1.165) is 0 Å². The maximum absolute atomic E-state index is 2.91. The lowest BCUT2D eigenvalue weighted by atomic mass is 10.0. The molecule has 0 unspecified atom stereocenters. The van der Waals surface area contributed by atoms with E-state index >= 15 is 0 Å². The van der Waals surface area contributed by atoms with Crippen LogP contribution in [-0.4, -0.2) is 24.5 Å². The molecule has 0 aliphatic heterocycles. The largest absolute Gasteiger partial charge is 0.303 e. The molecule has 0 fully saturated rings. The number of nitrogens with zero attached hydrogens (tertiary/aromatic N) is 1. The average molecular weight is 1150 g/mol. The van der Waals surface area contributed by atoms with Crippen molar-refractivity contribution < 1.29 is 0 Å². The molecule has 0 saturated carbocycles. The van der Waals surface area contributed by atoms with Gasteiger partial charge in [-0.25, -0.2) is 0 Å². The van der Waals surface area contributed by atoms with E-state index < -0.39 is 0 Å². The fraction of sp³-hybridized carbons (Fsp3) is 1.00. The zero-order valence-electron chi connectivity index (χ0n) is 58.6. The van der Waals surface area contributed by atoms with Crippen LogP contribution in [0.5, 0.6) is 0 Å². The molecule has 0 aromatic rings. The highest BCUT2D eigenvalue weighted by Gasteiger charge is 2.07. The summed E-state index contributed by atoms with van der Waals surface area (Å²) in [4.78, 5) is 2.91. The van der Waals surface area contributed by atoms with Crippen LogP contribution < -0.4 is 0 Å². The maximum atomic E-state index is 2.91. The van der Waals surface area contributed by atoms with Gasteiger partial charge in [0.1, 0.15) is 0 Å². The second-order valence-electron chi connectivity index (χ2n) is 28.3. The molecule has 0 heterocycles. The smallest absolute Gasteiger partial charge is 0.00187 e. The number of unbranched alkanes of at least 4 members (excludes halogenated alkanes) is 72. The lowest BCUT2D eigenvalue weighted by Crippen LogP contribution is -2.27. The van der Waals surface area contributed by atoms with Crippen molar-refractivity contribution in [2.45, 2.75) is 502 Å². The summed E-state index contributed by atoms with van der Waals surface area (Å²) in [5.74, 6) is 0. The van der Waals surface area contributed by atoms with Gasteiger partial charge < -0.3 is 4.90 Å². The van der Waals surface area contributed by atoms with Crippen molar-refractivity contribution in [3.63, 3.8) is 0 Å². The van der Waals surface area contributed by atoms with Crippen molar-refractivity contribution in [1.29, 1.82) is 0 Å². The molecule has 494 valence electrons. The molecule has 0 bridgehead atoms. The lowest BCUT2D eigenvalue weighted by molar-refractivity contribution is 0.254. The molecule has 1 nitrogen and oxygen atoms in total. The molecule has 0 aromatic heterocycles. The van der Waals surface area contributed by atoms with Gasteiger partial charge >= 0.3 is 0 Å². The van der Waals surface area contributed by atoms with Crippen molar-refractivity contribution in [2.75, 3.05) is 19.6 Å². The van der Waals surface area contributed by atoms with Gasteiger partial charge in [-0.2, -0.15) is 0 Å². The van der Waals surface area contributed by atoms with Gasteiger partial charge in [0, 0.05) is 0 Å². The first-order valence-electron chi connectivity index (χ1n) is 40.6. The Bertz CT molecular complexity index is 906. The Kier molecular flexibility index (Phi) is 78.9. The summed E-state index contributed by atoms with van der Waals surface area (Å²) in [6.07, 6.45) is 111. The number of hydrogen-bond donors (Lipinski definition) is 0. The van der Waals surface area contributed by atoms with Crippen molar-refractivity contribution in [1.82, 2.24) is 4.90 Å². The summed E-state index contributed by atoms with van der Waals surface area (Å²) in [7, 11) is 0. The summed E-state index contributed by atoms with van der Waals surface area (Å²) >= 11 is 0. The summed E-state index contributed by atoms with van der Waals surface area (Å²) in [5, 5.41) is 0. The molecule has 0 radical (unpaired) electrons. The molecule has 1 heteroatoms. The zero-order chi connectivity index (χ0) is 58.7. The molecular weight excluding hydrogens is 987 g/mol. The van der Waals surface area contributed by atoms with E-state index in [1.54, 1.807) is 0 Å². The molecule has 0 N–H and O–H groups in total. The standard InChI is InChI=1S/C81H165N/c1-4-7-10-13-16-19-22-25-28-31-34-37-40-43-46-49-52-55-58-61-64-67-70-73-76-79-82(80-77-74-71-68-65-62-59-56-53-50-47-44-41-38-35-32-29-26-23-20-17-14-11-8-5-2)81-78-75-72-69-66-63-60-57-54-51-48-45-42-39-36-33-30-27-24-21-18-15-12-9-6-3/h4-81H2,1-3H3. The molecule has 0 saturated heterocycles. The van der Waals surface area contributed by atoms with Gasteiger partial charge in [0.05, 0.1) is 0 Å². The predicted molar refractivity (Wildman–Crippen MR) is 380 cm³/mol. The predicted octanol–water partition coefficient (Wildman–Crippen LogP) is 30.6. The minimum absolute atomic E-state index is 1.37. The van der Waals surface area contributed by atoms with Gasteiger partial charge in [-0.1, -0.05) is 483 Å². The third-order valence-electron chi connectivity index (χ3n) is 19.7. The van der Waals surface area contributed by atoms with E-state index in [2.05, 4.69) is 25.7 Å². The van der Waals surface area contributed by atoms with Crippen LogP contribution in [0.15, 0.2) is 0 Å². The summed E-state index contributed by atoms with van der Waals surface area (Å²) in [6, 6.07) is 0. The average Bonchev–Trinajstić information content (AvgIpc) is 3.48. The van der Waals surface area contributed by atoms with E-state index in [9.17, 15) is 0 Å². The molecule has 0 spiro atoms.